The van der Waals surface area contributed by atoms with E-state index in [1.807, 2.05) is 36.4 Å². The number of carbonyl (C=O) groups is 1. The molecule has 2 aromatic rings. The molecule has 6 heteroatoms. The fraction of sp³-hybridized carbons (Fsp3) is 0.389. The fourth-order valence-electron chi connectivity index (χ4n) is 1.93. The van der Waals surface area contributed by atoms with Gasteiger partial charge in [0.1, 0.15) is 12.4 Å². The second kappa shape index (κ2) is 8.86. The molecular formula is C18H24N4O2. The lowest BCUT2D eigenvalue weighted by Gasteiger charge is -2.18. The van der Waals surface area contributed by atoms with Crippen LogP contribution in [0.25, 0.3) is 0 Å². The number of anilines is 2. The van der Waals surface area contributed by atoms with Crippen LogP contribution in [0.4, 0.5) is 16.6 Å². The van der Waals surface area contributed by atoms with E-state index in [1.165, 1.54) is 4.90 Å². The van der Waals surface area contributed by atoms with Crippen LogP contribution in [0.1, 0.15) is 20.8 Å². The number of amides is 1. The van der Waals surface area contributed by atoms with Crippen LogP contribution in [0, 0.1) is 5.92 Å². The van der Waals surface area contributed by atoms with Crippen molar-refractivity contribution in [1.29, 1.82) is 0 Å². The number of ether oxygens (including phenoxy) is 1. The molecule has 1 aliphatic rings. The van der Waals surface area contributed by atoms with Gasteiger partial charge in [0, 0.05) is 12.2 Å². The van der Waals surface area contributed by atoms with Gasteiger partial charge < -0.3 is 10.1 Å². The molecule has 0 aliphatic carbocycles. The molecule has 0 radical (unpaired) electrons. The van der Waals surface area contributed by atoms with Crippen LogP contribution in [0.2, 0.25) is 0 Å². The highest BCUT2D eigenvalue weighted by Gasteiger charge is 2.25. The fourth-order valence-corrected chi connectivity index (χ4v) is 1.93. The van der Waals surface area contributed by atoms with E-state index in [0.29, 0.717) is 30.8 Å². The van der Waals surface area contributed by atoms with E-state index in [9.17, 15) is 4.79 Å². The third kappa shape index (κ3) is 5.22. The van der Waals surface area contributed by atoms with Crippen molar-refractivity contribution in [2.75, 3.05) is 23.4 Å². The van der Waals surface area contributed by atoms with Crippen LogP contribution in [-0.4, -0.2) is 35.3 Å². The second-order valence-electron chi connectivity index (χ2n) is 5.84. The van der Waals surface area contributed by atoms with E-state index in [2.05, 4.69) is 36.1 Å². The molecule has 1 N–H and O–H groups in total. The molecule has 1 atom stereocenters. The van der Waals surface area contributed by atoms with Gasteiger partial charge in [-0.25, -0.2) is 9.78 Å². The molecule has 1 amide bonds. The van der Waals surface area contributed by atoms with Gasteiger partial charge in [0.05, 0.1) is 6.54 Å². The molecule has 3 rings (SSSR count). The highest BCUT2D eigenvalue weighted by atomic mass is 16.6. The van der Waals surface area contributed by atoms with E-state index in [4.69, 9.17) is 4.74 Å². The summed E-state index contributed by atoms with van der Waals surface area (Å²) in [6, 6.07) is 14.0. The highest BCUT2D eigenvalue weighted by Crippen LogP contribution is 2.17. The summed E-state index contributed by atoms with van der Waals surface area (Å²) in [5.74, 6) is 1.59. The summed E-state index contributed by atoms with van der Waals surface area (Å²) in [7, 11) is 0. The van der Waals surface area contributed by atoms with Gasteiger partial charge >= 0.3 is 6.09 Å². The third-order valence-electron chi connectivity index (χ3n) is 3.70. The maximum absolute atomic E-state index is 11.4. The monoisotopic (exact) mass is 328 g/mol. The van der Waals surface area contributed by atoms with E-state index in [-0.39, 0.29) is 12.1 Å². The van der Waals surface area contributed by atoms with Gasteiger partial charge in [-0.15, -0.1) is 0 Å². The lowest BCUT2D eigenvalue weighted by Crippen LogP contribution is -2.26. The summed E-state index contributed by atoms with van der Waals surface area (Å²) in [5.41, 5.74) is 0. The Balaban J connectivity index is 0.000000292. The number of cyclic esters (lactones) is 1. The zero-order valence-corrected chi connectivity index (χ0v) is 14.3. The lowest BCUT2D eigenvalue weighted by atomic mass is 10.1. The summed E-state index contributed by atoms with van der Waals surface area (Å²) >= 11 is 0. The van der Waals surface area contributed by atoms with Crippen LogP contribution >= 0.6 is 0 Å². The first-order chi connectivity index (χ1) is 11.6. The van der Waals surface area contributed by atoms with Crippen molar-refractivity contribution in [2.45, 2.75) is 26.8 Å². The Morgan fingerprint density at radius 1 is 1.12 bits per heavy atom. The number of nitrogens with zero attached hydrogens (tertiary/aromatic N) is 3. The van der Waals surface area contributed by atoms with Crippen LogP contribution in [0.15, 0.2) is 48.7 Å². The first-order valence-electron chi connectivity index (χ1n) is 8.12. The summed E-state index contributed by atoms with van der Waals surface area (Å²) in [6.07, 6.45) is 1.29. The number of hydrogen-bond acceptors (Lipinski definition) is 5. The number of nitrogens with one attached hydrogen (secondary N) is 1. The standard InChI is InChI=1S/C12H18N4O2.C6H6/c1-8(2)9(3)14-11-13-5-4-10(15-11)16-6-7-18-12(16)17;1-2-4-6-5-3-1/h4-5,8-9H,6-7H2,1-3H3,(H,13,14,15);1-6H/t9-;/m0./s1. The van der Waals surface area contributed by atoms with Gasteiger partial charge in [0.2, 0.25) is 5.95 Å². The van der Waals surface area contributed by atoms with Crippen molar-refractivity contribution in [1.82, 2.24) is 9.97 Å². The average molecular weight is 328 g/mol. The van der Waals surface area contributed by atoms with Crippen molar-refractivity contribution in [3.63, 3.8) is 0 Å². The lowest BCUT2D eigenvalue weighted by molar-refractivity contribution is 0.181. The Morgan fingerprint density at radius 2 is 1.75 bits per heavy atom. The largest absolute Gasteiger partial charge is 0.447 e. The third-order valence-corrected chi connectivity index (χ3v) is 3.70. The molecule has 0 bridgehead atoms. The van der Waals surface area contributed by atoms with Gasteiger partial charge in [0.25, 0.3) is 0 Å². The molecule has 1 aromatic heterocycles. The minimum Gasteiger partial charge on any atom is -0.447 e. The van der Waals surface area contributed by atoms with Crippen molar-refractivity contribution >= 4 is 17.9 Å². The molecule has 0 saturated carbocycles. The van der Waals surface area contributed by atoms with Gasteiger partial charge in [0.15, 0.2) is 0 Å². The van der Waals surface area contributed by atoms with Crippen molar-refractivity contribution in [2.24, 2.45) is 5.92 Å². The Kier molecular flexibility index (Phi) is 6.54. The van der Waals surface area contributed by atoms with E-state index < -0.39 is 0 Å². The van der Waals surface area contributed by atoms with E-state index >= 15 is 0 Å². The molecule has 128 valence electrons. The zero-order valence-electron chi connectivity index (χ0n) is 14.3. The zero-order chi connectivity index (χ0) is 17.4. The van der Waals surface area contributed by atoms with Crippen LogP contribution in [0.5, 0.6) is 0 Å². The molecule has 24 heavy (non-hydrogen) atoms. The summed E-state index contributed by atoms with van der Waals surface area (Å²) in [4.78, 5) is 21.4. The molecule has 1 fully saturated rings. The molecule has 2 heterocycles. The normalized spacial score (nSPS) is 14.7. The number of carbonyl (C=O) groups excluding carboxylic acids is 1. The van der Waals surface area contributed by atoms with Gasteiger partial charge in [-0.2, -0.15) is 4.98 Å². The minimum atomic E-state index is -0.350. The summed E-state index contributed by atoms with van der Waals surface area (Å²) < 4.78 is 4.89. The molecule has 1 saturated heterocycles. The second-order valence-corrected chi connectivity index (χ2v) is 5.84. The first kappa shape index (κ1) is 17.7. The SMILES string of the molecule is CC(C)[C@H](C)Nc1nccc(N2CCOC2=O)n1.c1ccccc1. The molecule has 0 unspecified atom stereocenters. The Morgan fingerprint density at radius 3 is 2.25 bits per heavy atom. The highest BCUT2D eigenvalue weighted by molar-refractivity contribution is 5.88. The van der Waals surface area contributed by atoms with Crippen molar-refractivity contribution in [3.05, 3.63) is 48.7 Å². The Labute approximate surface area is 142 Å². The summed E-state index contributed by atoms with van der Waals surface area (Å²) in [6.45, 7) is 7.27. The Bertz CT molecular complexity index is 607. The average Bonchev–Trinajstić information content (AvgIpc) is 3.03. The Hall–Kier alpha value is -2.63. The quantitative estimate of drug-likeness (QED) is 0.929. The number of rotatable bonds is 4. The van der Waals surface area contributed by atoms with Crippen LogP contribution in [-0.2, 0) is 4.74 Å². The van der Waals surface area contributed by atoms with Crippen LogP contribution < -0.4 is 10.2 Å². The van der Waals surface area contributed by atoms with Gasteiger partial charge in [-0.05, 0) is 18.9 Å². The first-order valence-corrected chi connectivity index (χ1v) is 8.12. The van der Waals surface area contributed by atoms with Crippen molar-refractivity contribution in [3.8, 4) is 0 Å². The summed E-state index contributed by atoms with van der Waals surface area (Å²) in [5, 5.41) is 3.22. The number of benzene rings is 1. The topological polar surface area (TPSA) is 67.3 Å². The molecule has 6 nitrogen and oxygen atoms in total. The van der Waals surface area contributed by atoms with Crippen LogP contribution in [0.3, 0.4) is 0 Å². The maximum atomic E-state index is 11.4. The predicted octanol–water partition coefficient (Wildman–Crippen LogP) is 3.58. The predicted molar refractivity (Wildman–Crippen MR) is 95.1 cm³/mol. The molecule has 0 spiro atoms. The molecular weight excluding hydrogens is 304 g/mol. The van der Waals surface area contributed by atoms with E-state index in [1.54, 1.807) is 12.3 Å². The number of aromatic nitrogens is 2. The van der Waals surface area contributed by atoms with E-state index in [0.717, 1.165) is 0 Å². The van der Waals surface area contributed by atoms with Crippen molar-refractivity contribution < 1.29 is 9.53 Å². The molecule has 1 aromatic carbocycles. The van der Waals surface area contributed by atoms with Gasteiger partial charge in [-0.3, -0.25) is 4.90 Å². The minimum absolute atomic E-state index is 0.269. The van der Waals surface area contributed by atoms with Gasteiger partial charge in [-0.1, -0.05) is 50.2 Å². The molecule has 1 aliphatic heterocycles. The smallest absolute Gasteiger partial charge is 0.415 e. The number of hydrogen-bond donors (Lipinski definition) is 1. The maximum Gasteiger partial charge on any atom is 0.415 e.